The Morgan fingerprint density at radius 3 is 2.60 bits per heavy atom. The molecule has 0 saturated carbocycles. The molecule has 0 fully saturated rings. The molecule has 0 saturated heterocycles. The molecule has 1 amide bonds. The Morgan fingerprint density at radius 2 is 2.00 bits per heavy atom. The van der Waals surface area contributed by atoms with Gasteiger partial charge in [-0.25, -0.2) is 4.98 Å². The zero-order valence-electron chi connectivity index (χ0n) is 11.9. The highest BCUT2D eigenvalue weighted by Crippen LogP contribution is 2.17. The third kappa shape index (κ3) is 2.58. The van der Waals surface area contributed by atoms with Crippen molar-refractivity contribution in [2.24, 2.45) is 0 Å². The van der Waals surface area contributed by atoms with Crippen molar-refractivity contribution in [3.63, 3.8) is 0 Å². The number of benzene rings is 1. The van der Waals surface area contributed by atoms with Gasteiger partial charge >= 0.3 is 0 Å². The summed E-state index contributed by atoms with van der Waals surface area (Å²) in [5.41, 5.74) is 0.729. The molecule has 5 heteroatoms. The van der Waals surface area contributed by atoms with Gasteiger partial charge in [0.25, 0.3) is 5.91 Å². The van der Waals surface area contributed by atoms with Crippen LogP contribution >= 0.6 is 0 Å². The number of likely N-dealkylation sites (N-methyl/N-ethyl adjacent to an activating group) is 1. The van der Waals surface area contributed by atoms with Gasteiger partial charge < -0.3 is 10.0 Å². The lowest BCUT2D eigenvalue weighted by Crippen LogP contribution is -2.48. The van der Waals surface area contributed by atoms with Crippen LogP contribution in [0.2, 0.25) is 0 Å². The van der Waals surface area contributed by atoms with E-state index >= 15 is 0 Å². The van der Waals surface area contributed by atoms with Crippen molar-refractivity contribution in [2.75, 3.05) is 13.7 Å². The van der Waals surface area contributed by atoms with E-state index < -0.39 is 5.54 Å². The number of hydrogen-bond donors (Lipinski definition) is 1. The van der Waals surface area contributed by atoms with Crippen molar-refractivity contribution in [3.8, 4) is 5.69 Å². The number of hydrogen-bond acceptors (Lipinski definition) is 3. The van der Waals surface area contributed by atoms with Crippen LogP contribution in [0.1, 0.15) is 24.3 Å². The van der Waals surface area contributed by atoms with Crippen LogP contribution in [-0.2, 0) is 0 Å². The van der Waals surface area contributed by atoms with Crippen molar-refractivity contribution >= 4 is 5.91 Å². The van der Waals surface area contributed by atoms with Gasteiger partial charge in [-0.15, -0.1) is 0 Å². The van der Waals surface area contributed by atoms with E-state index in [9.17, 15) is 9.90 Å². The smallest absolute Gasteiger partial charge is 0.272 e. The standard InChI is InChI=1S/C15H19N3O2/c1-15(2,10-19)17(3)14(20)13-9-16-11-18(13)12-7-5-4-6-8-12/h4-9,11,19H,10H2,1-3H3. The van der Waals surface area contributed by atoms with Gasteiger partial charge in [0.15, 0.2) is 0 Å². The van der Waals surface area contributed by atoms with Crippen LogP contribution < -0.4 is 0 Å². The summed E-state index contributed by atoms with van der Waals surface area (Å²) in [7, 11) is 1.68. The number of para-hydroxylation sites is 1. The molecule has 0 bridgehead atoms. The normalized spacial score (nSPS) is 11.4. The highest BCUT2D eigenvalue weighted by Gasteiger charge is 2.29. The van der Waals surface area contributed by atoms with Gasteiger partial charge in [0.05, 0.1) is 24.7 Å². The van der Waals surface area contributed by atoms with Gasteiger partial charge in [0.1, 0.15) is 5.69 Å². The number of aliphatic hydroxyl groups is 1. The van der Waals surface area contributed by atoms with E-state index in [0.717, 1.165) is 5.69 Å². The minimum absolute atomic E-state index is 0.102. The minimum atomic E-state index is -0.622. The van der Waals surface area contributed by atoms with Crippen molar-refractivity contribution in [1.29, 1.82) is 0 Å². The highest BCUT2D eigenvalue weighted by atomic mass is 16.3. The number of rotatable bonds is 4. The SMILES string of the molecule is CN(C(=O)c1cncn1-c1ccccc1)C(C)(C)CO. The molecule has 1 N–H and O–H groups in total. The summed E-state index contributed by atoms with van der Waals surface area (Å²) < 4.78 is 1.74. The molecule has 106 valence electrons. The van der Waals surface area contributed by atoms with Crippen LogP contribution in [0.5, 0.6) is 0 Å². The average molecular weight is 273 g/mol. The maximum Gasteiger partial charge on any atom is 0.272 e. The van der Waals surface area contributed by atoms with E-state index in [1.54, 1.807) is 24.1 Å². The Hall–Kier alpha value is -2.14. The van der Waals surface area contributed by atoms with Gasteiger partial charge in [-0.2, -0.15) is 0 Å². The first kappa shape index (κ1) is 14.3. The highest BCUT2D eigenvalue weighted by molar-refractivity contribution is 5.93. The van der Waals surface area contributed by atoms with E-state index in [-0.39, 0.29) is 12.5 Å². The van der Waals surface area contributed by atoms with Crippen LogP contribution in [0.25, 0.3) is 5.69 Å². The molecule has 1 heterocycles. The number of aromatic nitrogens is 2. The summed E-state index contributed by atoms with van der Waals surface area (Å²) in [5.74, 6) is -0.176. The Bertz CT molecular complexity index is 590. The molecule has 2 aromatic rings. The molecule has 0 spiro atoms. The first-order chi connectivity index (χ1) is 9.47. The topological polar surface area (TPSA) is 58.4 Å². The summed E-state index contributed by atoms with van der Waals surface area (Å²) in [6.45, 7) is 3.52. The summed E-state index contributed by atoms with van der Waals surface area (Å²) in [4.78, 5) is 18.2. The fraction of sp³-hybridized carbons (Fsp3) is 0.333. The molecule has 1 aromatic carbocycles. The van der Waals surface area contributed by atoms with Crippen LogP contribution in [0, 0.1) is 0 Å². The number of aliphatic hydroxyl groups excluding tert-OH is 1. The van der Waals surface area contributed by atoms with E-state index in [1.807, 2.05) is 44.2 Å². The monoisotopic (exact) mass is 273 g/mol. The van der Waals surface area contributed by atoms with Crippen molar-refractivity contribution < 1.29 is 9.90 Å². The first-order valence-corrected chi connectivity index (χ1v) is 6.44. The van der Waals surface area contributed by atoms with Crippen LogP contribution in [-0.4, -0.2) is 44.7 Å². The molecular formula is C15H19N3O2. The second-order valence-electron chi connectivity index (χ2n) is 5.32. The summed E-state index contributed by atoms with van der Waals surface area (Å²) in [5, 5.41) is 9.38. The molecule has 1 aromatic heterocycles. The number of nitrogens with zero attached hydrogens (tertiary/aromatic N) is 3. The maximum absolute atomic E-state index is 12.6. The van der Waals surface area contributed by atoms with Crippen LogP contribution in [0.4, 0.5) is 0 Å². The molecule has 0 aliphatic rings. The molecule has 5 nitrogen and oxygen atoms in total. The molecule has 0 aliphatic heterocycles. The van der Waals surface area contributed by atoms with Crippen molar-refractivity contribution in [1.82, 2.24) is 14.5 Å². The Labute approximate surface area is 118 Å². The Kier molecular flexibility index (Phi) is 3.90. The Balaban J connectivity index is 2.36. The zero-order chi connectivity index (χ0) is 14.8. The van der Waals surface area contributed by atoms with Crippen molar-refractivity contribution in [2.45, 2.75) is 19.4 Å². The van der Waals surface area contributed by atoms with Gasteiger partial charge in [-0.1, -0.05) is 18.2 Å². The van der Waals surface area contributed by atoms with Gasteiger partial charge in [0.2, 0.25) is 0 Å². The average Bonchev–Trinajstić information content (AvgIpc) is 2.96. The summed E-state index contributed by atoms with van der Waals surface area (Å²) in [6.07, 6.45) is 3.15. The van der Waals surface area contributed by atoms with Crippen LogP contribution in [0.15, 0.2) is 42.9 Å². The third-order valence-electron chi connectivity index (χ3n) is 3.49. The molecule has 2 rings (SSSR count). The first-order valence-electron chi connectivity index (χ1n) is 6.44. The fourth-order valence-electron chi connectivity index (χ4n) is 1.80. The lowest BCUT2D eigenvalue weighted by molar-refractivity contribution is 0.0465. The second-order valence-corrected chi connectivity index (χ2v) is 5.32. The summed E-state index contributed by atoms with van der Waals surface area (Å²) in [6, 6.07) is 9.56. The predicted octanol–water partition coefficient (Wildman–Crippen LogP) is 1.72. The molecule has 0 atom stereocenters. The third-order valence-corrected chi connectivity index (χ3v) is 3.49. The number of amides is 1. The van der Waals surface area contributed by atoms with E-state index in [1.165, 1.54) is 4.90 Å². The van der Waals surface area contributed by atoms with E-state index in [4.69, 9.17) is 0 Å². The van der Waals surface area contributed by atoms with Crippen LogP contribution in [0.3, 0.4) is 0 Å². The molecule has 20 heavy (non-hydrogen) atoms. The Morgan fingerprint density at radius 1 is 1.35 bits per heavy atom. The summed E-state index contributed by atoms with van der Waals surface area (Å²) >= 11 is 0. The lowest BCUT2D eigenvalue weighted by atomic mass is 10.0. The zero-order valence-corrected chi connectivity index (χ0v) is 11.9. The quantitative estimate of drug-likeness (QED) is 0.922. The van der Waals surface area contributed by atoms with Gasteiger partial charge in [-0.3, -0.25) is 9.36 Å². The fourth-order valence-corrected chi connectivity index (χ4v) is 1.80. The second kappa shape index (κ2) is 5.46. The maximum atomic E-state index is 12.6. The lowest BCUT2D eigenvalue weighted by Gasteiger charge is -2.33. The molecule has 0 radical (unpaired) electrons. The predicted molar refractivity (Wildman–Crippen MR) is 76.8 cm³/mol. The molecular weight excluding hydrogens is 254 g/mol. The number of carbonyl (C=O) groups excluding carboxylic acids is 1. The van der Waals surface area contributed by atoms with Crippen molar-refractivity contribution in [3.05, 3.63) is 48.5 Å². The molecule has 0 aliphatic carbocycles. The largest absolute Gasteiger partial charge is 0.394 e. The van der Waals surface area contributed by atoms with Gasteiger partial charge in [0, 0.05) is 12.7 Å². The van der Waals surface area contributed by atoms with Gasteiger partial charge in [-0.05, 0) is 26.0 Å². The number of carbonyl (C=O) groups is 1. The molecule has 0 unspecified atom stereocenters. The minimum Gasteiger partial charge on any atom is -0.394 e. The van der Waals surface area contributed by atoms with E-state index in [0.29, 0.717) is 5.69 Å². The number of imidazole rings is 1. The van der Waals surface area contributed by atoms with E-state index in [2.05, 4.69) is 4.98 Å².